The highest BCUT2D eigenvalue weighted by Gasteiger charge is 2.18. The zero-order valence-corrected chi connectivity index (χ0v) is 14.8. The molecule has 2 heteroatoms. The topological polar surface area (TPSA) is 26.3 Å². The Balaban J connectivity index is 2.37. The van der Waals surface area contributed by atoms with E-state index in [0.717, 1.165) is 32.0 Å². The molecule has 0 heterocycles. The van der Waals surface area contributed by atoms with Crippen LogP contribution in [0.4, 0.5) is 0 Å². The molecule has 0 bridgehead atoms. The number of allylic oxidation sites excluding steroid dienone is 3. The van der Waals surface area contributed by atoms with Crippen LogP contribution in [0.3, 0.4) is 0 Å². The van der Waals surface area contributed by atoms with Gasteiger partial charge in [0.2, 0.25) is 0 Å². The first-order valence-electron chi connectivity index (χ1n) is 8.65. The van der Waals surface area contributed by atoms with Gasteiger partial charge in [0.15, 0.2) is 0 Å². The molecule has 0 aromatic heterocycles. The number of rotatable bonds is 13. The predicted octanol–water partition coefficient (Wildman–Crippen LogP) is 5.51. The second-order valence-corrected chi connectivity index (χ2v) is 6.20. The molecular formula is C22H30O2. The van der Waals surface area contributed by atoms with Gasteiger partial charge < -0.3 is 9.53 Å². The highest BCUT2D eigenvalue weighted by atomic mass is 16.5. The first-order valence-corrected chi connectivity index (χ1v) is 8.65. The number of hydrogen-bond acceptors (Lipinski definition) is 2. The molecular weight excluding hydrogens is 296 g/mol. The minimum Gasteiger partial charge on any atom is -0.373 e. The van der Waals surface area contributed by atoms with Crippen molar-refractivity contribution >= 4 is 6.29 Å². The molecule has 0 N–H and O–H groups in total. The fourth-order valence-electron chi connectivity index (χ4n) is 2.74. The van der Waals surface area contributed by atoms with E-state index < -0.39 is 0 Å². The number of hydrogen-bond donors (Lipinski definition) is 0. The molecule has 2 nitrogen and oxygen atoms in total. The van der Waals surface area contributed by atoms with Gasteiger partial charge >= 0.3 is 0 Å². The van der Waals surface area contributed by atoms with Gasteiger partial charge in [-0.3, -0.25) is 0 Å². The average Bonchev–Trinajstić information content (AvgIpc) is 2.61. The molecule has 0 saturated heterocycles. The lowest BCUT2D eigenvalue weighted by Crippen LogP contribution is -2.15. The van der Waals surface area contributed by atoms with Gasteiger partial charge in [0, 0.05) is 5.92 Å². The molecule has 0 radical (unpaired) electrons. The smallest absolute Gasteiger partial charge is 0.123 e. The Morgan fingerprint density at radius 2 is 1.88 bits per heavy atom. The molecule has 1 rings (SSSR count). The number of aldehydes is 1. The summed E-state index contributed by atoms with van der Waals surface area (Å²) in [5.41, 5.74) is 2.49. The third-order valence-corrected chi connectivity index (χ3v) is 4.26. The molecule has 0 aliphatic heterocycles. The summed E-state index contributed by atoms with van der Waals surface area (Å²) in [5.74, 6) is 0.384. The first-order chi connectivity index (χ1) is 11.7. The fourth-order valence-corrected chi connectivity index (χ4v) is 2.74. The van der Waals surface area contributed by atoms with Crippen LogP contribution in [-0.4, -0.2) is 12.9 Å². The molecule has 24 heavy (non-hydrogen) atoms. The van der Waals surface area contributed by atoms with Gasteiger partial charge in [-0.15, -0.1) is 13.2 Å². The minimum absolute atomic E-state index is 0.0441. The standard InChI is InChI=1S/C22H30O2/c1-4-9-21(22(17-23)10-5-2)14-13-19(3)15-16-24-18-20-11-7-6-8-12-20/h4-8,11-12,15,17,21-22H,1-2,9-10,13-14,16,18H2,3H3/b19-15+. The molecule has 0 spiro atoms. The molecule has 0 amide bonds. The fraction of sp³-hybridized carbons (Fsp3) is 0.409. The molecule has 0 aliphatic rings. The van der Waals surface area contributed by atoms with Crippen molar-refractivity contribution in [2.45, 2.75) is 39.2 Å². The molecule has 0 fully saturated rings. The van der Waals surface area contributed by atoms with E-state index in [1.54, 1.807) is 0 Å². The number of ether oxygens (including phenoxy) is 1. The van der Waals surface area contributed by atoms with E-state index in [-0.39, 0.29) is 5.92 Å². The third kappa shape index (κ3) is 8.07. The normalized spacial score (nSPS) is 14.0. The van der Waals surface area contributed by atoms with Crippen LogP contribution in [0.1, 0.15) is 38.2 Å². The van der Waals surface area contributed by atoms with Crippen LogP contribution in [0.2, 0.25) is 0 Å². The van der Waals surface area contributed by atoms with Crippen LogP contribution in [0.5, 0.6) is 0 Å². The maximum atomic E-state index is 11.3. The third-order valence-electron chi connectivity index (χ3n) is 4.26. The van der Waals surface area contributed by atoms with Gasteiger partial charge in [-0.2, -0.15) is 0 Å². The van der Waals surface area contributed by atoms with Gasteiger partial charge in [-0.1, -0.05) is 54.1 Å². The Morgan fingerprint density at radius 1 is 1.17 bits per heavy atom. The van der Waals surface area contributed by atoms with Crippen molar-refractivity contribution in [3.8, 4) is 0 Å². The quantitative estimate of drug-likeness (QED) is 0.271. The Hall–Kier alpha value is -1.93. The Morgan fingerprint density at radius 3 is 2.50 bits per heavy atom. The number of benzene rings is 1. The first kappa shape index (κ1) is 20.1. The van der Waals surface area contributed by atoms with Crippen molar-refractivity contribution in [3.63, 3.8) is 0 Å². The number of carbonyl (C=O) groups excluding carboxylic acids is 1. The molecule has 2 atom stereocenters. The summed E-state index contributed by atoms with van der Waals surface area (Å²) < 4.78 is 5.69. The summed E-state index contributed by atoms with van der Waals surface area (Å²) in [4.78, 5) is 11.3. The zero-order valence-electron chi connectivity index (χ0n) is 14.8. The van der Waals surface area contributed by atoms with Gasteiger partial charge in [0.05, 0.1) is 13.2 Å². The van der Waals surface area contributed by atoms with Crippen LogP contribution in [0, 0.1) is 11.8 Å². The van der Waals surface area contributed by atoms with Crippen molar-refractivity contribution in [2.75, 3.05) is 6.61 Å². The van der Waals surface area contributed by atoms with Crippen LogP contribution >= 0.6 is 0 Å². The van der Waals surface area contributed by atoms with E-state index in [2.05, 4.69) is 38.3 Å². The van der Waals surface area contributed by atoms with Crippen molar-refractivity contribution in [1.29, 1.82) is 0 Å². The van der Waals surface area contributed by atoms with E-state index >= 15 is 0 Å². The minimum atomic E-state index is 0.0441. The summed E-state index contributed by atoms with van der Waals surface area (Å²) in [7, 11) is 0. The molecule has 0 saturated carbocycles. The lowest BCUT2D eigenvalue weighted by atomic mass is 9.83. The largest absolute Gasteiger partial charge is 0.373 e. The van der Waals surface area contributed by atoms with Crippen LogP contribution in [-0.2, 0) is 16.1 Å². The summed E-state index contributed by atoms with van der Waals surface area (Å²) >= 11 is 0. The molecule has 130 valence electrons. The molecule has 2 unspecified atom stereocenters. The van der Waals surface area contributed by atoms with Crippen LogP contribution in [0.25, 0.3) is 0 Å². The Bertz CT molecular complexity index is 516. The Kier molecular flexibility index (Phi) is 10.5. The summed E-state index contributed by atoms with van der Waals surface area (Å²) in [6, 6.07) is 10.2. The second kappa shape index (κ2) is 12.5. The van der Waals surface area contributed by atoms with E-state index in [0.29, 0.717) is 19.1 Å². The summed E-state index contributed by atoms with van der Waals surface area (Å²) in [5, 5.41) is 0. The van der Waals surface area contributed by atoms with Gasteiger partial charge in [0.1, 0.15) is 6.29 Å². The van der Waals surface area contributed by atoms with Gasteiger partial charge in [-0.05, 0) is 44.1 Å². The van der Waals surface area contributed by atoms with Crippen molar-refractivity contribution in [1.82, 2.24) is 0 Å². The van der Waals surface area contributed by atoms with Crippen molar-refractivity contribution in [3.05, 3.63) is 72.9 Å². The van der Waals surface area contributed by atoms with E-state index in [9.17, 15) is 4.79 Å². The predicted molar refractivity (Wildman–Crippen MR) is 102 cm³/mol. The van der Waals surface area contributed by atoms with Crippen LogP contribution < -0.4 is 0 Å². The SMILES string of the molecule is C=CCC(C=O)C(CC=C)CC/C(C)=C/COCc1ccccc1. The highest BCUT2D eigenvalue weighted by Crippen LogP contribution is 2.25. The second-order valence-electron chi connectivity index (χ2n) is 6.20. The molecule has 1 aromatic carbocycles. The van der Waals surface area contributed by atoms with Crippen molar-refractivity contribution < 1.29 is 9.53 Å². The maximum Gasteiger partial charge on any atom is 0.123 e. The average molecular weight is 326 g/mol. The summed E-state index contributed by atoms with van der Waals surface area (Å²) in [6.45, 7) is 10.9. The lowest BCUT2D eigenvalue weighted by Gasteiger charge is -2.20. The van der Waals surface area contributed by atoms with Gasteiger partial charge in [0.25, 0.3) is 0 Å². The number of carbonyl (C=O) groups is 1. The van der Waals surface area contributed by atoms with Crippen LogP contribution in [0.15, 0.2) is 67.3 Å². The maximum absolute atomic E-state index is 11.3. The molecule has 1 aromatic rings. The lowest BCUT2D eigenvalue weighted by molar-refractivity contribution is -0.112. The zero-order chi connectivity index (χ0) is 17.6. The van der Waals surface area contributed by atoms with Crippen molar-refractivity contribution in [2.24, 2.45) is 11.8 Å². The highest BCUT2D eigenvalue weighted by molar-refractivity contribution is 5.54. The van der Waals surface area contributed by atoms with E-state index in [1.165, 1.54) is 11.1 Å². The summed E-state index contributed by atoms with van der Waals surface area (Å²) in [6.07, 6.45) is 10.5. The Labute approximate surface area is 146 Å². The molecule has 0 aliphatic carbocycles. The van der Waals surface area contributed by atoms with E-state index in [4.69, 9.17) is 4.74 Å². The van der Waals surface area contributed by atoms with Gasteiger partial charge in [-0.25, -0.2) is 0 Å². The van der Waals surface area contributed by atoms with E-state index in [1.807, 2.05) is 30.4 Å². The monoisotopic (exact) mass is 326 g/mol.